The molecule has 0 bridgehead atoms. The maximum absolute atomic E-state index is 12.7. The topological polar surface area (TPSA) is 85.5 Å². The van der Waals surface area contributed by atoms with Crippen LogP contribution in [0.5, 0.6) is 5.88 Å². The van der Waals surface area contributed by atoms with Crippen LogP contribution in [0.4, 0.5) is 0 Å². The molecule has 2 aromatic heterocycles. The van der Waals surface area contributed by atoms with Gasteiger partial charge in [0.15, 0.2) is 11.2 Å². The van der Waals surface area contributed by atoms with E-state index in [1.807, 2.05) is 0 Å². The van der Waals surface area contributed by atoms with Crippen LogP contribution >= 0.6 is 0 Å². The van der Waals surface area contributed by atoms with E-state index in [1.165, 1.54) is 6.07 Å². The average Bonchev–Trinajstić information content (AvgIpc) is 2.69. The Morgan fingerprint density at radius 3 is 2.73 bits per heavy atom. The number of carbonyl (C=O) groups excluding carboxylic acids is 1. The highest BCUT2D eigenvalue weighted by molar-refractivity contribution is 5.93. The molecule has 1 aliphatic rings. The summed E-state index contributed by atoms with van der Waals surface area (Å²) in [7, 11) is 0. The van der Waals surface area contributed by atoms with Crippen LogP contribution in [0, 0.1) is 0 Å². The predicted octanol–water partition coefficient (Wildman–Crippen LogP) is 2.27. The Morgan fingerprint density at radius 2 is 1.96 bits per heavy atom. The smallest absolute Gasteiger partial charge is 0.289 e. The van der Waals surface area contributed by atoms with E-state index in [0.717, 1.165) is 0 Å². The minimum atomic E-state index is -0.272. The number of amides is 1. The Labute approximate surface area is 149 Å². The van der Waals surface area contributed by atoms with Crippen molar-refractivity contribution >= 4 is 16.9 Å². The summed E-state index contributed by atoms with van der Waals surface area (Å²) in [5.41, 5.74) is 0.209. The lowest BCUT2D eigenvalue weighted by Crippen LogP contribution is -2.42. The lowest BCUT2D eigenvalue weighted by molar-refractivity contribution is 0.0558. The molecule has 0 aliphatic carbocycles. The van der Waals surface area contributed by atoms with Crippen molar-refractivity contribution in [2.45, 2.75) is 18.9 Å². The van der Waals surface area contributed by atoms with Gasteiger partial charge in [-0.25, -0.2) is 0 Å². The van der Waals surface area contributed by atoms with Crippen molar-refractivity contribution in [3.8, 4) is 5.88 Å². The minimum Gasteiger partial charge on any atom is -0.473 e. The first-order valence-electron chi connectivity index (χ1n) is 8.47. The van der Waals surface area contributed by atoms with Crippen molar-refractivity contribution in [2.24, 2.45) is 0 Å². The van der Waals surface area contributed by atoms with Crippen molar-refractivity contribution < 1.29 is 13.9 Å². The lowest BCUT2D eigenvalue weighted by Gasteiger charge is -2.31. The zero-order valence-electron chi connectivity index (χ0n) is 14.0. The van der Waals surface area contributed by atoms with Crippen LogP contribution in [0.15, 0.2) is 57.9 Å². The number of hydrogen-bond donors (Lipinski definition) is 0. The molecule has 4 rings (SSSR count). The van der Waals surface area contributed by atoms with Crippen molar-refractivity contribution in [3.63, 3.8) is 0 Å². The molecule has 3 heterocycles. The average molecular weight is 351 g/mol. The Morgan fingerprint density at radius 1 is 1.15 bits per heavy atom. The van der Waals surface area contributed by atoms with Gasteiger partial charge in [-0.1, -0.05) is 12.1 Å². The summed E-state index contributed by atoms with van der Waals surface area (Å²) < 4.78 is 11.4. The Kier molecular flexibility index (Phi) is 4.35. The van der Waals surface area contributed by atoms with E-state index >= 15 is 0 Å². The van der Waals surface area contributed by atoms with Crippen LogP contribution in [-0.2, 0) is 0 Å². The quantitative estimate of drug-likeness (QED) is 0.719. The third-order valence-electron chi connectivity index (χ3n) is 4.41. The minimum absolute atomic E-state index is 0.0145. The summed E-state index contributed by atoms with van der Waals surface area (Å²) in [5.74, 6) is 0.283. The van der Waals surface area contributed by atoms with Crippen molar-refractivity contribution in [1.29, 1.82) is 0 Å². The number of fused-ring (bicyclic) bond motifs is 1. The first kappa shape index (κ1) is 16.3. The van der Waals surface area contributed by atoms with E-state index in [0.29, 0.717) is 42.8 Å². The molecule has 7 nitrogen and oxygen atoms in total. The fourth-order valence-corrected chi connectivity index (χ4v) is 3.06. The third kappa shape index (κ3) is 3.28. The lowest BCUT2D eigenvalue weighted by atomic mass is 10.1. The Bertz CT molecular complexity index is 979. The van der Waals surface area contributed by atoms with E-state index in [2.05, 4.69) is 10.2 Å². The fraction of sp³-hybridized carbons (Fsp3) is 0.263. The van der Waals surface area contributed by atoms with Gasteiger partial charge in [0, 0.05) is 44.3 Å². The van der Waals surface area contributed by atoms with Crippen molar-refractivity contribution in [2.75, 3.05) is 13.1 Å². The summed E-state index contributed by atoms with van der Waals surface area (Å²) in [6.45, 7) is 1.06. The van der Waals surface area contributed by atoms with Gasteiger partial charge in [0.1, 0.15) is 11.7 Å². The maximum atomic E-state index is 12.7. The largest absolute Gasteiger partial charge is 0.473 e. The molecule has 132 valence electrons. The van der Waals surface area contributed by atoms with E-state index < -0.39 is 0 Å². The van der Waals surface area contributed by atoms with Crippen LogP contribution in [0.2, 0.25) is 0 Å². The van der Waals surface area contributed by atoms with Gasteiger partial charge in [-0.2, -0.15) is 5.10 Å². The number of rotatable bonds is 3. The van der Waals surface area contributed by atoms with Crippen LogP contribution in [0.3, 0.4) is 0 Å². The number of piperidine rings is 1. The number of likely N-dealkylation sites (tertiary alicyclic amines) is 1. The molecule has 1 fully saturated rings. The Balaban J connectivity index is 1.44. The number of para-hydroxylation sites is 1. The number of nitrogens with zero attached hydrogens (tertiary/aromatic N) is 3. The standard InChI is InChI=1S/C19H17N3O4/c23-15-12-17(26-16-5-2-1-4-14(15)16)19(24)22-10-7-13(8-11-22)25-18-6-3-9-20-21-18/h1-6,9,12-13H,7-8,10-11H2. The van der Waals surface area contributed by atoms with Crippen molar-refractivity contribution in [3.05, 3.63) is 64.6 Å². The van der Waals surface area contributed by atoms with Gasteiger partial charge in [0.25, 0.3) is 5.91 Å². The zero-order chi connectivity index (χ0) is 17.9. The molecule has 1 aromatic carbocycles. The molecule has 0 spiro atoms. The molecule has 0 unspecified atom stereocenters. The second-order valence-electron chi connectivity index (χ2n) is 6.14. The molecule has 0 atom stereocenters. The normalized spacial score (nSPS) is 15.2. The van der Waals surface area contributed by atoms with E-state index in [-0.39, 0.29) is 23.2 Å². The molecule has 0 N–H and O–H groups in total. The summed E-state index contributed by atoms with van der Waals surface area (Å²) in [4.78, 5) is 26.6. The third-order valence-corrected chi connectivity index (χ3v) is 4.41. The van der Waals surface area contributed by atoms with Gasteiger partial charge < -0.3 is 14.1 Å². The molecule has 0 radical (unpaired) electrons. The molecule has 1 amide bonds. The van der Waals surface area contributed by atoms with Gasteiger partial charge in [-0.15, -0.1) is 5.10 Å². The SMILES string of the molecule is O=C(c1cc(=O)c2ccccc2o1)N1CCC(Oc2cccnn2)CC1. The van der Waals surface area contributed by atoms with Gasteiger partial charge >= 0.3 is 0 Å². The van der Waals surface area contributed by atoms with Crippen LogP contribution in [0.1, 0.15) is 23.4 Å². The zero-order valence-corrected chi connectivity index (χ0v) is 14.0. The molecule has 26 heavy (non-hydrogen) atoms. The molecular weight excluding hydrogens is 334 g/mol. The highest BCUT2D eigenvalue weighted by atomic mass is 16.5. The molecule has 0 saturated carbocycles. The molecule has 7 heteroatoms. The Hall–Kier alpha value is -3.22. The number of hydrogen-bond acceptors (Lipinski definition) is 6. The first-order chi connectivity index (χ1) is 12.7. The van der Waals surface area contributed by atoms with Crippen LogP contribution in [-0.4, -0.2) is 40.2 Å². The van der Waals surface area contributed by atoms with Gasteiger partial charge in [-0.3, -0.25) is 9.59 Å². The highest BCUT2D eigenvalue weighted by Gasteiger charge is 2.26. The highest BCUT2D eigenvalue weighted by Crippen LogP contribution is 2.19. The number of carbonyl (C=O) groups is 1. The summed E-state index contributed by atoms with van der Waals surface area (Å²) in [6, 6.07) is 11.7. The van der Waals surface area contributed by atoms with Gasteiger partial charge in [-0.05, 0) is 18.2 Å². The van der Waals surface area contributed by atoms with Crippen LogP contribution < -0.4 is 10.2 Å². The predicted molar refractivity (Wildman–Crippen MR) is 94.1 cm³/mol. The fourth-order valence-electron chi connectivity index (χ4n) is 3.06. The molecule has 1 aliphatic heterocycles. The maximum Gasteiger partial charge on any atom is 0.289 e. The number of ether oxygens (including phenoxy) is 1. The summed E-state index contributed by atoms with van der Waals surface area (Å²) in [6.07, 6.45) is 2.94. The van der Waals surface area contributed by atoms with Crippen molar-refractivity contribution in [1.82, 2.24) is 15.1 Å². The molecule has 1 saturated heterocycles. The summed E-state index contributed by atoms with van der Waals surface area (Å²) >= 11 is 0. The van der Waals surface area contributed by atoms with E-state index in [9.17, 15) is 9.59 Å². The number of aromatic nitrogens is 2. The van der Waals surface area contributed by atoms with Gasteiger partial charge in [0.2, 0.25) is 5.88 Å². The first-order valence-corrected chi connectivity index (χ1v) is 8.47. The van der Waals surface area contributed by atoms with Crippen LogP contribution in [0.25, 0.3) is 11.0 Å². The second-order valence-corrected chi connectivity index (χ2v) is 6.14. The number of benzene rings is 1. The molecular formula is C19H17N3O4. The van der Waals surface area contributed by atoms with E-state index in [4.69, 9.17) is 9.15 Å². The van der Waals surface area contributed by atoms with Gasteiger partial charge in [0.05, 0.1) is 5.39 Å². The van der Waals surface area contributed by atoms with E-state index in [1.54, 1.807) is 47.5 Å². The summed E-state index contributed by atoms with van der Waals surface area (Å²) in [5, 5.41) is 8.17. The molecule has 3 aromatic rings. The monoisotopic (exact) mass is 351 g/mol. The second kappa shape index (κ2) is 6.95.